The van der Waals surface area contributed by atoms with Gasteiger partial charge in [-0.1, -0.05) is 15.9 Å². The van der Waals surface area contributed by atoms with Gasteiger partial charge >= 0.3 is 6.09 Å². The first-order chi connectivity index (χ1) is 11.2. The summed E-state index contributed by atoms with van der Waals surface area (Å²) in [7, 11) is 0. The lowest BCUT2D eigenvalue weighted by Crippen LogP contribution is -2.57. The van der Waals surface area contributed by atoms with Crippen molar-refractivity contribution in [3.8, 4) is 0 Å². The van der Waals surface area contributed by atoms with Crippen LogP contribution in [0, 0.1) is 0 Å². The minimum atomic E-state index is -0.511. The zero-order valence-electron chi connectivity index (χ0n) is 14.3. The highest BCUT2D eigenvalue weighted by molar-refractivity contribution is 9.10. The van der Waals surface area contributed by atoms with E-state index in [1.165, 1.54) is 0 Å². The van der Waals surface area contributed by atoms with E-state index in [9.17, 15) is 9.59 Å². The molecule has 0 aliphatic carbocycles. The van der Waals surface area contributed by atoms with Crippen molar-refractivity contribution in [1.82, 2.24) is 10.2 Å². The maximum atomic E-state index is 12.5. The molecule has 130 valence electrons. The summed E-state index contributed by atoms with van der Waals surface area (Å²) in [6, 6.07) is 5.75. The Morgan fingerprint density at radius 3 is 2.83 bits per heavy atom. The molecule has 2 aliphatic heterocycles. The van der Waals surface area contributed by atoms with Crippen LogP contribution >= 0.6 is 15.9 Å². The van der Waals surface area contributed by atoms with Gasteiger partial charge in [-0.2, -0.15) is 0 Å². The average Bonchev–Trinajstić information content (AvgIpc) is 2.50. The number of hydrogen-bond acceptors (Lipinski definition) is 3. The molecule has 0 saturated carbocycles. The van der Waals surface area contributed by atoms with Gasteiger partial charge in [-0.05, 0) is 57.4 Å². The summed E-state index contributed by atoms with van der Waals surface area (Å²) < 4.78 is 6.48. The first kappa shape index (κ1) is 17.3. The van der Waals surface area contributed by atoms with Crippen LogP contribution in [0.1, 0.15) is 49.5 Å². The Morgan fingerprint density at radius 1 is 1.38 bits per heavy atom. The van der Waals surface area contributed by atoms with Crippen LogP contribution in [-0.2, 0) is 10.2 Å². The van der Waals surface area contributed by atoms with Crippen molar-refractivity contribution >= 4 is 27.9 Å². The lowest BCUT2D eigenvalue weighted by molar-refractivity contribution is 0.0130. The van der Waals surface area contributed by atoms with E-state index in [-0.39, 0.29) is 17.4 Å². The predicted molar refractivity (Wildman–Crippen MR) is 95.2 cm³/mol. The van der Waals surface area contributed by atoms with Gasteiger partial charge in [0.15, 0.2) is 0 Å². The van der Waals surface area contributed by atoms with E-state index < -0.39 is 5.60 Å². The summed E-state index contributed by atoms with van der Waals surface area (Å²) in [5.41, 5.74) is 0.968. The minimum Gasteiger partial charge on any atom is -0.444 e. The second-order valence-corrected chi connectivity index (χ2v) is 8.57. The van der Waals surface area contributed by atoms with Crippen LogP contribution in [0.4, 0.5) is 4.79 Å². The Bertz CT molecular complexity index is 683. The second kappa shape index (κ2) is 6.06. The summed E-state index contributed by atoms with van der Waals surface area (Å²) >= 11 is 3.51. The van der Waals surface area contributed by atoms with Crippen LogP contribution in [0.2, 0.25) is 0 Å². The Kier molecular flexibility index (Phi) is 4.36. The van der Waals surface area contributed by atoms with Gasteiger partial charge in [0.2, 0.25) is 0 Å². The first-order valence-corrected chi connectivity index (χ1v) is 9.06. The van der Waals surface area contributed by atoms with Crippen LogP contribution in [0.3, 0.4) is 0 Å². The van der Waals surface area contributed by atoms with Crippen molar-refractivity contribution in [1.29, 1.82) is 0 Å². The van der Waals surface area contributed by atoms with Crippen LogP contribution in [0.25, 0.3) is 0 Å². The molecule has 1 saturated heterocycles. The first-order valence-electron chi connectivity index (χ1n) is 8.26. The molecule has 1 fully saturated rings. The predicted octanol–water partition coefficient (Wildman–Crippen LogP) is 3.46. The third-order valence-electron chi connectivity index (χ3n) is 4.61. The van der Waals surface area contributed by atoms with Gasteiger partial charge in [0.1, 0.15) is 5.60 Å². The number of likely N-dealkylation sites (tertiary alicyclic amines) is 1. The number of piperidine rings is 1. The van der Waals surface area contributed by atoms with Crippen LogP contribution in [-0.4, -0.2) is 42.1 Å². The summed E-state index contributed by atoms with van der Waals surface area (Å²) in [5, 5.41) is 2.99. The second-order valence-electron chi connectivity index (χ2n) is 7.66. The summed E-state index contributed by atoms with van der Waals surface area (Å²) in [5.74, 6) is -0.0440. The van der Waals surface area contributed by atoms with E-state index in [1.54, 1.807) is 4.90 Å². The van der Waals surface area contributed by atoms with Crippen LogP contribution in [0.5, 0.6) is 0 Å². The third kappa shape index (κ3) is 3.29. The van der Waals surface area contributed by atoms with Gasteiger partial charge in [-0.25, -0.2) is 4.79 Å². The molecular weight excluding hydrogens is 372 g/mol. The summed E-state index contributed by atoms with van der Waals surface area (Å²) in [4.78, 5) is 26.5. The van der Waals surface area contributed by atoms with E-state index in [2.05, 4.69) is 21.2 Å². The molecule has 5 nitrogen and oxygen atoms in total. The van der Waals surface area contributed by atoms with Gasteiger partial charge in [-0.3, -0.25) is 4.79 Å². The molecule has 1 N–H and O–H groups in total. The fourth-order valence-corrected chi connectivity index (χ4v) is 3.93. The van der Waals surface area contributed by atoms with Crippen molar-refractivity contribution < 1.29 is 14.3 Å². The van der Waals surface area contributed by atoms with E-state index in [0.29, 0.717) is 25.2 Å². The van der Waals surface area contributed by atoms with Crippen molar-refractivity contribution in [2.24, 2.45) is 0 Å². The molecule has 1 atom stereocenters. The molecule has 2 amide bonds. The van der Waals surface area contributed by atoms with Crippen molar-refractivity contribution in [3.05, 3.63) is 33.8 Å². The molecule has 1 aromatic rings. The van der Waals surface area contributed by atoms with Crippen LogP contribution < -0.4 is 5.32 Å². The molecular formula is C18H23BrN2O3. The number of amides is 2. The quantitative estimate of drug-likeness (QED) is 0.732. The molecule has 2 aliphatic rings. The maximum absolute atomic E-state index is 12.5. The molecule has 0 aromatic heterocycles. The lowest BCUT2D eigenvalue weighted by atomic mass is 9.70. The molecule has 0 bridgehead atoms. The Morgan fingerprint density at radius 2 is 2.12 bits per heavy atom. The summed E-state index contributed by atoms with van der Waals surface area (Å²) in [6.07, 6.45) is 1.55. The fourth-order valence-electron chi connectivity index (χ4n) is 3.57. The number of hydrogen-bond donors (Lipinski definition) is 1. The molecule has 1 unspecified atom stereocenters. The monoisotopic (exact) mass is 394 g/mol. The van der Waals surface area contributed by atoms with Gasteiger partial charge in [0.05, 0.1) is 0 Å². The van der Waals surface area contributed by atoms with Gasteiger partial charge in [0, 0.05) is 35.1 Å². The normalized spacial score (nSPS) is 23.7. The number of carbonyl (C=O) groups is 2. The highest BCUT2D eigenvalue weighted by atomic mass is 79.9. The minimum absolute atomic E-state index is 0.0440. The largest absolute Gasteiger partial charge is 0.444 e. The topological polar surface area (TPSA) is 58.6 Å². The number of nitrogens with one attached hydrogen (secondary N) is 1. The molecule has 1 spiro atoms. The van der Waals surface area contributed by atoms with Crippen molar-refractivity contribution in [2.75, 3.05) is 19.6 Å². The number of ether oxygens (including phenoxy) is 1. The SMILES string of the molecule is CC(C)(C)OC(=O)N1CCCC2(CNC(=O)c3ccc(Br)cc32)C1. The summed E-state index contributed by atoms with van der Waals surface area (Å²) in [6.45, 7) is 7.42. The van der Waals surface area contributed by atoms with E-state index in [4.69, 9.17) is 4.74 Å². The Labute approximate surface area is 150 Å². The zero-order valence-corrected chi connectivity index (χ0v) is 15.9. The number of benzene rings is 1. The van der Waals surface area contributed by atoms with Gasteiger partial charge < -0.3 is 15.0 Å². The smallest absolute Gasteiger partial charge is 0.410 e. The van der Waals surface area contributed by atoms with E-state index in [0.717, 1.165) is 22.9 Å². The standard InChI is InChI=1S/C18H23BrN2O3/c1-17(2,3)24-16(23)21-8-4-7-18(11-21)10-20-15(22)13-6-5-12(19)9-14(13)18/h5-6,9H,4,7-8,10-11H2,1-3H3,(H,20,22). The van der Waals surface area contributed by atoms with Gasteiger partial charge in [-0.15, -0.1) is 0 Å². The average molecular weight is 395 g/mol. The van der Waals surface area contributed by atoms with Crippen LogP contribution in [0.15, 0.2) is 22.7 Å². The molecule has 1 aromatic carbocycles. The number of fused-ring (bicyclic) bond motifs is 2. The highest BCUT2D eigenvalue weighted by Gasteiger charge is 2.44. The van der Waals surface area contributed by atoms with E-state index in [1.807, 2.05) is 39.0 Å². The molecule has 2 heterocycles. The fraction of sp³-hybridized carbons (Fsp3) is 0.556. The number of halogens is 1. The molecule has 0 radical (unpaired) electrons. The van der Waals surface area contributed by atoms with Gasteiger partial charge in [0.25, 0.3) is 5.91 Å². The molecule has 24 heavy (non-hydrogen) atoms. The Hall–Kier alpha value is -1.56. The van der Waals surface area contributed by atoms with E-state index >= 15 is 0 Å². The van der Waals surface area contributed by atoms with Crippen molar-refractivity contribution in [3.63, 3.8) is 0 Å². The third-order valence-corrected chi connectivity index (χ3v) is 5.11. The highest BCUT2D eigenvalue weighted by Crippen LogP contribution is 2.39. The molecule has 3 rings (SSSR count). The number of rotatable bonds is 0. The zero-order chi connectivity index (χ0) is 17.5. The van der Waals surface area contributed by atoms with Crippen molar-refractivity contribution in [2.45, 2.75) is 44.6 Å². The Balaban J connectivity index is 1.91. The lowest BCUT2D eigenvalue weighted by Gasteiger charge is -2.46. The number of carbonyl (C=O) groups excluding carboxylic acids is 2. The molecule has 6 heteroatoms. The maximum Gasteiger partial charge on any atom is 0.410 e. The number of nitrogens with zero attached hydrogens (tertiary/aromatic N) is 1.